The average Bonchev–Trinajstić information content (AvgIpc) is 2.66. The molecule has 4 N–H and O–H groups in total. The number of methoxy groups -OCH3 is 2. The van der Waals surface area contributed by atoms with Gasteiger partial charge < -0.3 is 20.5 Å². The number of hydrazone groups is 1. The van der Waals surface area contributed by atoms with Gasteiger partial charge in [0.25, 0.3) is 0 Å². The summed E-state index contributed by atoms with van der Waals surface area (Å²) in [6, 6.07) is 11.5. The van der Waals surface area contributed by atoms with E-state index in [9.17, 15) is 4.79 Å². The summed E-state index contributed by atoms with van der Waals surface area (Å²) in [6.07, 6.45) is 0.429. The lowest BCUT2D eigenvalue weighted by Gasteiger charge is -2.20. The van der Waals surface area contributed by atoms with Gasteiger partial charge in [0.05, 0.1) is 31.3 Å². The SMILES string of the molecule is COc1ccc(CNc2ccc(C3=NNC(=O)CC3C)cc2N)cc1OC. The molecule has 142 valence electrons. The second-order valence-electron chi connectivity index (χ2n) is 6.48. The Kier molecular flexibility index (Phi) is 5.49. The van der Waals surface area contributed by atoms with Gasteiger partial charge in [-0.05, 0) is 29.8 Å². The number of anilines is 2. The first kappa shape index (κ1) is 18.6. The zero-order valence-electron chi connectivity index (χ0n) is 15.7. The number of amides is 1. The van der Waals surface area contributed by atoms with Crippen molar-refractivity contribution in [2.45, 2.75) is 19.9 Å². The Bertz CT molecular complexity index is 880. The summed E-state index contributed by atoms with van der Waals surface area (Å²) >= 11 is 0. The maximum absolute atomic E-state index is 11.4. The van der Waals surface area contributed by atoms with Crippen molar-refractivity contribution < 1.29 is 14.3 Å². The van der Waals surface area contributed by atoms with Crippen LogP contribution in [-0.4, -0.2) is 25.8 Å². The van der Waals surface area contributed by atoms with Crippen molar-refractivity contribution in [1.82, 2.24) is 5.43 Å². The fourth-order valence-corrected chi connectivity index (χ4v) is 3.07. The van der Waals surface area contributed by atoms with Gasteiger partial charge in [-0.2, -0.15) is 5.10 Å². The number of ether oxygens (including phenoxy) is 2. The number of carbonyl (C=O) groups is 1. The molecule has 0 radical (unpaired) electrons. The fourth-order valence-electron chi connectivity index (χ4n) is 3.07. The van der Waals surface area contributed by atoms with E-state index in [-0.39, 0.29) is 11.8 Å². The number of rotatable bonds is 6. The molecule has 1 aliphatic heterocycles. The van der Waals surface area contributed by atoms with Crippen LogP contribution in [0.1, 0.15) is 24.5 Å². The van der Waals surface area contributed by atoms with Gasteiger partial charge in [-0.1, -0.05) is 19.1 Å². The summed E-state index contributed by atoms with van der Waals surface area (Å²) in [4.78, 5) is 11.4. The Balaban J connectivity index is 1.73. The highest BCUT2D eigenvalue weighted by atomic mass is 16.5. The second-order valence-corrected chi connectivity index (χ2v) is 6.48. The molecule has 1 amide bonds. The molecular formula is C20H24N4O3. The number of nitrogens with two attached hydrogens (primary N) is 1. The van der Waals surface area contributed by atoms with E-state index < -0.39 is 0 Å². The van der Waals surface area contributed by atoms with Crippen LogP contribution in [-0.2, 0) is 11.3 Å². The molecule has 1 heterocycles. The van der Waals surface area contributed by atoms with Crippen LogP contribution in [0.5, 0.6) is 11.5 Å². The third-order valence-corrected chi connectivity index (χ3v) is 4.54. The molecule has 1 aliphatic rings. The van der Waals surface area contributed by atoms with Gasteiger partial charge in [-0.15, -0.1) is 0 Å². The van der Waals surface area contributed by atoms with Crippen molar-refractivity contribution in [1.29, 1.82) is 0 Å². The monoisotopic (exact) mass is 368 g/mol. The smallest absolute Gasteiger partial charge is 0.240 e. The molecule has 27 heavy (non-hydrogen) atoms. The van der Waals surface area contributed by atoms with Gasteiger partial charge in [0, 0.05) is 24.4 Å². The normalized spacial score (nSPS) is 16.3. The summed E-state index contributed by atoms with van der Waals surface area (Å²) in [6.45, 7) is 2.58. The molecule has 0 spiro atoms. The molecular weight excluding hydrogens is 344 g/mol. The number of nitrogens with zero attached hydrogens (tertiary/aromatic N) is 1. The molecule has 0 saturated heterocycles. The van der Waals surface area contributed by atoms with Crippen molar-refractivity contribution in [3.8, 4) is 11.5 Å². The molecule has 0 fully saturated rings. The maximum atomic E-state index is 11.4. The van der Waals surface area contributed by atoms with E-state index in [2.05, 4.69) is 15.8 Å². The molecule has 3 rings (SSSR count). The Morgan fingerprint density at radius 3 is 2.63 bits per heavy atom. The van der Waals surface area contributed by atoms with E-state index in [1.165, 1.54) is 0 Å². The van der Waals surface area contributed by atoms with E-state index in [0.29, 0.717) is 30.2 Å². The molecule has 7 nitrogen and oxygen atoms in total. The summed E-state index contributed by atoms with van der Waals surface area (Å²) in [5.74, 6) is 1.38. The van der Waals surface area contributed by atoms with Crippen molar-refractivity contribution in [3.63, 3.8) is 0 Å². The van der Waals surface area contributed by atoms with Crippen LogP contribution >= 0.6 is 0 Å². The molecule has 0 aliphatic carbocycles. The Morgan fingerprint density at radius 1 is 1.19 bits per heavy atom. The van der Waals surface area contributed by atoms with Crippen LogP contribution < -0.4 is 25.9 Å². The molecule has 7 heteroatoms. The molecule has 0 aromatic heterocycles. The van der Waals surface area contributed by atoms with Gasteiger partial charge in [0.15, 0.2) is 11.5 Å². The van der Waals surface area contributed by atoms with E-state index in [4.69, 9.17) is 15.2 Å². The minimum Gasteiger partial charge on any atom is -0.493 e. The highest BCUT2D eigenvalue weighted by molar-refractivity contribution is 6.06. The summed E-state index contributed by atoms with van der Waals surface area (Å²) < 4.78 is 10.6. The summed E-state index contributed by atoms with van der Waals surface area (Å²) in [5.41, 5.74) is 13.0. The van der Waals surface area contributed by atoms with Crippen LogP contribution in [0.3, 0.4) is 0 Å². The Hall–Kier alpha value is -3.22. The zero-order chi connectivity index (χ0) is 19.4. The average molecular weight is 368 g/mol. The van der Waals surface area contributed by atoms with E-state index in [1.807, 2.05) is 43.3 Å². The van der Waals surface area contributed by atoms with Gasteiger partial charge in [0.2, 0.25) is 5.91 Å². The predicted octanol–water partition coefficient (Wildman–Crippen LogP) is 2.76. The predicted molar refractivity (Wildman–Crippen MR) is 106 cm³/mol. The lowest BCUT2D eigenvalue weighted by atomic mass is 9.93. The van der Waals surface area contributed by atoms with Gasteiger partial charge in [0.1, 0.15) is 0 Å². The number of nitrogens with one attached hydrogen (secondary N) is 2. The number of hydrogen-bond acceptors (Lipinski definition) is 6. The third kappa shape index (κ3) is 4.13. The number of hydrogen-bond donors (Lipinski definition) is 3. The first-order chi connectivity index (χ1) is 13.0. The molecule has 1 unspecified atom stereocenters. The van der Waals surface area contributed by atoms with Gasteiger partial charge in [-0.3, -0.25) is 4.79 Å². The minimum absolute atomic E-state index is 0.0590. The largest absolute Gasteiger partial charge is 0.493 e. The highest BCUT2D eigenvalue weighted by Crippen LogP contribution is 2.29. The topological polar surface area (TPSA) is 98.0 Å². The first-order valence-electron chi connectivity index (χ1n) is 8.73. The quantitative estimate of drug-likeness (QED) is 0.681. The second kappa shape index (κ2) is 7.99. The standard InChI is InChI=1S/C20H24N4O3/c1-12-8-19(25)23-24-20(12)14-5-6-16(15(21)10-14)22-11-13-4-7-17(26-2)18(9-13)27-3/h4-7,9-10,12,22H,8,11,21H2,1-3H3,(H,23,25). The van der Waals surface area contributed by atoms with E-state index in [1.54, 1.807) is 14.2 Å². The molecule has 2 aromatic rings. The Labute approximate surface area is 158 Å². The zero-order valence-corrected chi connectivity index (χ0v) is 15.7. The third-order valence-electron chi connectivity index (χ3n) is 4.54. The van der Waals surface area contributed by atoms with Crippen molar-refractivity contribution in [2.24, 2.45) is 11.0 Å². The molecule has 0 saturated carbocycles. The van der Waals surface area contributed by atoms with Crippen molar-refractivity contribution in [3.05, 3.63) is 47.5 Å². The summed E-state index contributed by atoms with van der Waals surface area (Å²) in [7, 11) is 3.23. The number of benzene rings is 2. The lowest BCUT2D eigenvalue weighted by molar-refractivity contribution is -0.121. The van der Waals surface area contributed by atoms with Crippen molar-refractivity contribution in [2.75, 3.05) is 25.3 Å². The van der Waals surface area contributed by atoms with Crippen LogP contribution in [0, 0.1) is 5.92 Å². The van der Waals surface area contributed by atoms with Crippen LogP contribution in [0.25, 0.3) is 0 Å². The molecule has 2 aromatic carbocycles. The maximum Gasteiger partial charge on any atom is 0.240 e. The first-order valence-corrected chi connectivity index (χ1v) is 8.73. The Morgan fingerprint density at radius 2 is 1.96 bits per heavy atom. The van der Waals surface area contributed by atoms with E-state index in [0.717, 1.165) is 22.5 Å². The lowest BCUT2D eigenvalue weighted by Crippen LogP contribution is -2.32. The fraction of sp³-hybridized carbons (Fsp3) is 0.300. The minimum atomic E-state index is -0.0626. The molecule has 0 bridgehead atoms. The van der Waals surface area contributed by atoms with Gasteiger partial charge >= 0.3 is 0 Å². The van der Waals surface area contributed by atoms with Gasteiger partial charge in [-0.25, -0.2) is 5.43 Å². The van der Waals surface area contributed by atoms with Crippen molar-refractivity contribution >= 4 is 23.0 Å². The molecule has 1 atom stereocenters. The summed E-state index contributed by atoms with van der Waals surface area (Å²) in [5, 5.41) is 7.51. The van der Waals surface area contributed by atoms with Crippen LogP contribution in [0.4, 0.5) is 11.4 Å². The number of carbonyl (C=O) groups excluding carboxylic acids is 1. The highest BCUT2D eigenvalue weighted by Gasteiger charge is 2.22. The van der Waals surface area contributed by atoms with E-state index >= 15 is 0 Å². The van der Waals surface area contributed by atoms with Crippen LogP contribution in [0.2, 0.25) is 0 Å². The number of nitrogen functional groups attached to an aromatic ring is 1. The van der Waals surface area contributed by atoms with Crippen LogP contribution in [0.15, 0.2) is 41.5 Å².